The molecular formula is C21H29ClFN5O2S2. The number of benzene rings is 1. The van der Waals surface area contributed by atoms with Crippen molar-refractivity contribution < 1.29 is 12.8 Å². The molecule has 0 amide bonds. The zero-order chi connectivity index (χ0) is 22.9. The Morgan fingerprint density at radius 1 is 1.31 bits per heavy atom. The Morgan fingerprint density at radius 3 is 2.75 bits per heavy atom. The van der Waals surface area contributed by atoms with E-state index in [9.17, 15) is 12.8 Å². The summed E-state index contributed by atoms with van der Waals surface area (Å²) in [5.74, 6) is -0.848. The van der Waals surface area contributed by atoms with Gasteiger partial charge in [0.1, 0.15) is 10.7 Å². The van der Waals surface area contributed by atoms with Crippen LogP contribution in [0.1, 0.15) is 32.6 Å². The number of thiazole rings is 1. The first kappa shape index (κ1) is 23.7. The summed E-state index contributed by atoms with van der Waals surface area (Å²) in [6.45, 7) is 5.39. The Morgan fingerprint density at radius 2 is 2.06 bits per heavy atom. The minimum absolute atomic E-state index is 0.122. The smallest absolute Gasteiger partial charge is 0.266 e. The fourth-order valence-electron chi connectivity index (χ4n) is 4.58. The van der Waals surface area contributed by atoms with Gasteiger partial charge in [-0.15, -0.1) is 11.3 Å². The van der Waals surface area contributed by atoms with Gasteiger partial charge in [0.05, 0.1) is 10.7 Å². The molecule has 2 N–H and O–H groups in total. The third-order valence-electron chi connectivity index (χ3n) is 6.52. The molecule has 0 radical (unpaired) electrons. The van der Waals surface area contributed by atoms with E-state index in [-0.39, 0.29) is 16.2 Å². The average Bonchev–Trinajstić information content (AvgIpc) is 3.22. The SMILES string of the molecule is CCN1CC(N(C)[C@H]2CCCC[C@@H]2Nc2cc(F)c(S(=O)(=O)Nc3nccs3)cc2Cl)C1. The van der Waals surface area contributed by atoms with Crippen LogP contribution in [0.4, 0.5) is 15.2 Å². The Kier molecular flexibility index (Phi) is 7.26. The lowest BCUT2D eigenvalue weighted by atomic mass is 9.87. The van der Waals surface area contributed by atoms with Crippen LogP contribution in [0, 0.1) is 5.82 Å². The lowest BCUT2D eigenvalue weighted by molar-refractivity contribution is 0.0154. The van der Waals surface area contributed by atoms with Crippen LogP contribution in [-0.2, 0) is 10.0 Å². The number of rotatable bonds is 8. The van der Waals surface area contributed by atoms with E-state index >= 15 is 0 Å². The molecule has 2 aliphatic rings. The molecule has 2 fully saturated rings. The number of halogens is 2. The molecule has 2 heterocycles. The summed E-state index contributed by atoms with van der Waals surface area (Å²) < 4.78 is 42.4. The molecule has 1 saturated carbocycles. The van der Waals surface area contributed by atoms with Gasteiger partial charge in [-0.05, 0) is 38.6 Å². The summed E-state index contributed by atoms with van der Waals surface area (Å²) in [5.41, 5.74) is 0.423. The zero-order valence-electron chi connectivity index (χ0n) is 18.2. The molecular weight excluding hydrogens is 473 g/mol. The van der Waals surface area contributed by atoms with Crippen LogP contribution >= 0.6 is 22.9 Å². The van der Waals surface area contributed by atoms with Gasteiger partial charge in [0, 0.05) is 42.8 Å². The highest BCUT2D eigenvalue weighted by atomic mass is 35.5. The Hall–Kier alpha value is -1.46. The fourth-order valence-corrected chi connectivity index (χ4v) is 6.74. The molecule has 176 valence electrons. The van der Waals surface area contributed by atoms with Crippen LogP contribution in [0.15, 0.2) is 28.6 Å². The number of aromatic nitrogens is 1. The van der Waals surface area contributed by atoms with Crippen molar-refractivity contribution in [3.63, 3.8) is 0 Å². The Labute approximate surface area is 198 Å². The maximum Gasteiger partial charge on any atom is 0.266 e. The van der Waals surface area contributed by atoms with Crippen molar-refractivity contribution in [3.05, 3.63) is 34.5 Å². The zero-order valence-corrected chi connectivity index (χ0v) is 20.6. The van der Waals surface area contributed by atoms with Crippen molar-refractivity contribution >= 4 is 43.8 Å². The molecule has 2 aromatic rings. The standard InChI is InChI=1S/C21H29ClFN5O2S2/c1-3-28-12-14(13-28)27(2)19-7-5-4-6-17(19)25-18-11-16(23)20(10-15(18)22)32(29,30)26-21-24-8-9-31-21/h8-11,14,17,19,25H,3-7,12-13H2,1-2H3,(H,24,26)/t17-,19-/m0/s1. The summed E-state index contributed by atoms with van der Waals surface area (Å²) in [7, 11) is -1.96. The third-order valence-corrected chi connectivity index (χ3v) is 9.00. The van der Waals surface area contributed by atoms with Crippen LogP contribution in [0.3, 0.4) is 0 Å². The summed E-state index contributed by atoms with van der Waals surface area (Å²) in [5, 5.41) is 5.41. The first-order chi connectivity index (χ1) is 15.3. The summed E-state index contributed by atoms with van der Waals surface area (Å²) in [6, 6.07) is 3.33. The molecule has 1 aromatic carbocycles. The molecule has 32 heavy (non-hydrogen) atoms. The number of hydrogen-bond acceptors (Lipinski definition) is 7. The lowest BCUT2D eigenvalue weighted by Crippen LogP contribution is -2.63. The number of nitrogens with one attached hydrogen (secondary N) is 2. The second-order valence-electron chi connectivity index (χ2n) is 8.48. The summed E-state index contributed by atoms with van der Waals surface area (Å²) >= 11 is 7.54. The molecule has 7 nitrogen and oxygen atoms in total. The Balaban J connectivity index is 1.50. The molecule has 1 aliphatic heterocycles. The molecule has 1 aliphatic carbocycles. The van der Waals surface area contributed by atoms with Gasteiger partial charge < -0.3 is 10.2 Å². The number of anilines is 2. The van der Waals surface area contributed by atoms with E-state index in [1.165, 1.54) is 24.8 Å². The topological polar surface area (TPSA) is 77.6 Å². The summed E-state index contributed by atoms with van der Waals surface area (Å²) in [4.78, 5) is 8.26. The quantitative estimate of drug-likeness (QED) is 0.567. The highest BCUT2D eigenvalue weighted by molar-refractivity contribution is 7.93. The average molecular weight is 502 g/mol. The number of nitrogens with zero attached hydrogens (tertiary/aromatic N) is 3. The van der Waals surface area contributed by atoms with Crippen molar-refractivity contribution in [3.8, 4) is 0 Å². The third kappa shape index (κ3) is 5.04. The fraction of sp³-hybridized carbons (Fsp3) is 0.571. The van der Waals surface area contributed by atoms with Gasteiger partial charge in [-0.25, -0.2) is 17.8 Å². The van der Waals surface area contributed by atoms with Crippen LogP contribution in [0.5, 0.6) is 0 Å². The molecule has 0 spiro atoms. The number of likely N-dealkylation sites (tertiary alicyclic amines) is 1. The van der Waals surface area contributed by atoms with Gasteiger partial charge in [0.25, 0.3) is 10.0 Å². The molecule has 0 unspecified atom stereocenters. The maximum atomic E-state index is 14.9. The van der Waals surface area contributed by atoms with Crippen molar-refractivity contribution in [2.24, 2.45) is 0 Å². The molecule has 11 heteroatoms. The van der Waals surface area contributed by atoms with Gasteiger partial charge in [0.15, 0.2) is 5.13 Å². The minimum atomic E-state index is -4.13. The first-order valence-electron chi connectivity index (χ1n) is 10.9. The van der Waals surface area contributed by atoms with E-state index in [1.807, 2.05) is 0 Å². The van der Waals surface area contributed by atoms with Crippen molar-refractivity contribution in [2.75, 3.05) is 36.7 Å². The van der Waals surface area contributed by atoms with Gasteiger partial charge >= 0.3 is 0 Å². The largest absolute Gasteiger partial charge is 0.379 e. The van der Waals surface area contributed by atoms with E-state index in [4.69, 9.17) is 11.6 Å². The molecule has 1 saturated heterocycles. The minimum Gasteiger partial charge on any atom is -0.379 e. The van der Waals surface area contributed by atoms with Crippen LogP contribution in [0.25, 0.3) is 0 Å². The number of likely N-dealkylation sites (N-methyl/N-ethyl adjacent to an activating group) is 2. The van der Waals surface area contributed by atoms with E-state index < -0.39 is 20.7 Å². The summed E-state index contributed by atoms with van der Waals surface area (Å²) in [6.07, 6.45) is 5.76. The van der Waals surface area contributed by atoms with Gasteiger partial charge in [-0.1, -0.05) is 31.4 Å². The van der Waals surface area contributed by atoms with Gasteiger partial charge in [-0.3, -0.25) is 9.62 Å². The lowest BCUT2D eigenvalue weighted by Gasteiger charge is -2.49. The van der Waals surface area contributed by atoms with E-state index in [0.717, 1.165) is 50.2 Å². The molecule has 2 atom stereocenters. The maximum absolute atomic E-state index is 14.9. The highest BCUT2D eigenvalue weighted by Gasteiger charge is 2.37. The predicted octanol–water partition coefficient (Wildman–Crippen LogP) is 4.10. The van der Waals surface area contributed by atoms with Crippen molar-refractivity contribution in [2.45, 2.75) is 55.6 Å². The van der Waals surface area contributed by atoms with Gasteiger partial charge in [0.2, 0.25) is 0 Å². The second kappa shape index (κ2) is 9.80. The van der Waals surface area contributed by atoms with Crippen molar-refractivity contribution in [1.82, 2.24) is 14.8 Å². The first-order valence-corrected chi connectivity index (χ1v) is 13.6. The van der Waals surface area contributed by atoms with Crippen LogP contribution in [-0.4, -0.2) is 68.0 Å². The monoisotopic (exact) mass is 501 g/mol. The normalized spacial score (nSPS) is 22.7. The van der Waals surface area contributed by atoms with E-state index in [1.54, 1.807) is 5.38 Å². The molecule has 1 aromatic heterocycles. The Bertz CT molecular complexity index is 1030. The highest BCUT2D eigenvalue weighted by Crippen LogP contribution is 2.33. The molecule has 0 bridgehead atoms. The predicted molar refractivity (Wildman–Crippen MR) is 128 cm³/mol. The second-order valence-corrected chi connectivity index (χ2v) is 11.4. The molecule has 4 rings (SSSR count). The number of hydrogen-bond donors (Lipinski definition) is 2. The van der Waals surface area contributed by atoms with E-state index in [2.05, 4.69) is 38.8 Å². The van der Waals surface area contributed by atoms with Crippen molar-refractivity contribution in [1.29, 1.82) is 0 Å². The van der Waals surface area contributed by atoms with Gasteiger partial charge in [-0.2, -0.15) is 0 Å². The van der Waals surface area contributed by atoms with Crippen LogP contribution < -0.4 is 10.0 Å². The number of sulfonamides is 1. The van der Waals surface area contributed by atoms with E-state index in [0.29, 0.717) is 17.8 Å². The van der Waals surface area contributed by atoms with Crippen LogP contribution in [0.2, 0.25) is 5.02 Å².